The maximum Gasteiger partial charge on any atom is 0.148 e. The van der Waals surface area contributed by atoms with Gasteiger partial charge in [-0.15, -0.1) is 0 Å². The number of aryl methyl sites for hydroxylation is 3. The van der Waals surface area contributed by atoms with E-state index in [-0.39, 0.29) is 6.04 Å². The van der Waals surface area contributed by atoms with Gasteiger partial charge in [0.05, 0.1) is 34.3 Å². The second-order valence-corrected chi connectivity index (χ2v) is 8.42. The zero-order valence-electron chi connectivity index (χ0n) is 17.1. The molecular formula is C24H25Cl2N3O. The minimum Gasteiger partial charge on any atom is -0.391 e. The second kappa shape index (κ2) is 8.93. The lowest BCUT2D eigenvalue weighted by Gasteiger charge is -2.32. The summed E-state index contributed by atoms with van der Waals surface area (Å²) in [6, 6.07) is 13.5. The van der Waals surface area contributed by atoms with Crippen LogP contribution >= 0.6 is 23.2 Å². The highest BCUT2D eigenvalue weighted by atomic mass is 35.5. The van der Waals surface area contributed by atoms with E-state index in [9.17, 15) is 5.11 Å². The van der Waals surface area contributed by atoms with Crippen LogP contribution in [0.3, 0.4) is 0 Å². The van der Waals surface area contributed by atoms with Gasteiger partial charge in [-0.05, 0) is 55.0 Å². The molecule has 30 heavy (non-hydrogen) atoms. The second-order valence-electron chi connectivity index (χ2n) is 7.57. The highest BCUT2D eigenvalue weighted by Gasteiger charge is 2.29. The molecule has 0 saturated heterocycles. The molecule has 1 heterocycles. The minimum atomic E-state index is -0.470. The number of hydrogen-bond donors (Lipinski definition) is 2. The molecule has 2 N–H and O–H groups in total. The Morgan fingerprint density at radius 2 is 1.80 bits per heavy atom. The van der Waals surface area contributed by atoms with E-state index in [1.54, 1.807) is 6.07 Å². The largest absolute Gasteiger partial charge is 0.391 e. The summed E-state index contributed by atoms with van der Waals surface area (Å²) in [4.78, 5) is 9.86. The van der Waals surface area contributed by atoms with Crippen LogP contribution in [0.15, 0.2) is 42.5 Å². The lowest BCUT2D eigenvalue weighted by molar-refractivity contribution is 0.135. The van der Waals surface area contributed by atoms with Gasteiger partial charge in [-0.2, -0.15) is 0 Å². The summed E-state index contributed by atoms with van der Waals surface area (Å²) in [7, 11) is 0. The molecule has 4 nitrogen and oxygen atoms in total. The van der Waals surface area contributed by atoms with Crippen molar-refractivity contribution >= 4 is 29.0 Å². The highest BCUT2D eigenvalue weighted by Crippen LogP contribution is 2.35. The van der Waals surface area contributed by atoms with Gasteiger partial charge >= 0.3 is 0 Å². The Kier molecular flexibility index (Phi) is 6.28. The van der Waals surface area contributed by atoms with Crippen molar-refractivity contribution in [2.45, 2.75) is 51.7 Å². The van der Waals surface area contributed by atoms with Crippen LogP contribution in [0.2, 0.25) is 10.0 Å². The normalized spacial score (nSPS) is 18.2. The molecule has 1 aromatic heterocycles. The topological polar surface area (TPSA) is 58.0 Å². The van der Waals surface area contributed by atoms with Crippen LogP contribution in [0.5, 0.6) is 0 Å². The summed E-state index contributed by atoms with van der Waals surface area (Å²) in [5.74, 6) is 0.726. The van der Waals surface area contributed by atoms with Crippen molar-refractivity contribution in [2.75, 3.05) is 5.32 Å². The molecule has 0 radical (unpaired) electrons. The van der Waals surface area contributed by atoms with Gasteiger partial charge in [0.15, 0.2) is 0 Å². The zero-order chi connectivity index (χ0) is 21.3. The van der Waals surface area contributed by atoms with Crippen LogP contribution in [0.4, 0.5) is 5.82 Å². The van der Waals surface area contributed by atoms with Crippen molar-refractivity contribution < 1.29 is 5.11 Å². The van der Waals surface area contributed by atoms with Crippen molar-refractivity contribution in [3.05, 3.63) is 75.0 Å². The Labute approximate surface area is 187 Å². The van der Waals surface area contributed by atoms with Crippen molar-refractivity contribution in [2.24, 2.45) is 0 Å². The van der Waals surface area contributed by atoms with Crippen molar-refractivity contribution in [1.29, 1.82) is 0 Å². The summed E-state index contributed by atoms with van der Waals surface area (Å²) < 4.78 is 0. The lowest BCUT2D eigenvalue weighted by Crippen LogP contribution is -2.31. The van der Waals surface area contributed by atoms with Gasteiger partial charge in [0.25, 0.3) is 0 Å². The number of fused-ring (bicyclic) bond motifs is 1. The maximum absolute atomic E-state index is 10.7. The average molecular weight is 442 g/mol. The molecule has 2 atom stereocenters. The van der Waals surface area contributed by atoms with Crippen LogP contribution in [0.1, 0.15) is 48.8 Å². The first-order valence-corrected chi connectivity index (χ1v) is 11.1. The first-order valence-electron chi connectivity index (χ1n) is 10.4. The van der Waals surface area contributed by atoms with Gasteiger partial charge in [-0.25, -0.2) is 9.97 Å². The Hall–Kier alpha value is -2.14. The molecule has 0 bridgehead atoms. The van der Waals surface area contributed by atoms with E-state index in [0.29, 0.717) is 22.9 Å². The van der Waals surface area contributed by atoms with Gasteiger partial charge < -0.3 is 10.4 Å². The van der Waals surface area contributed by atoms with Crippen molar-refractivity contribution in [3.63, 3.8) is 0 Å². The average Bonchev–Trinajstić information content (AvgIpc) is 2.75. The number of aliphatic hydroxyl groups excluding tert-OH is 1. The smallest absolute Gasteiger partial charge is 0.148 e. The molecule has 4 rings (SSSR count). The monoisotopic (exact) mass is 441 g/mol. The molecule has 2 aromatic carbocycles. The first-order chi connectivity index (χ1) is 14.5. The van der Waals surface area contributed by atoms with Crippen LogP contribution in [0.25, 0.3) is 11.3 Å². The predicted molar refractivity (Wildman–Crippen MR) is 123 cm³/mol. The van der Waals surface area contributed by atoms with Crippen molar-refractivity contribution in [3.8, 4) is 11.3 Å². The molecule has 3 aromatic rings. The van der Waals surface area contributed by atoms with Crippen LogP contribution in [-0.4, -0.2) is 21.2 Å². The molecule has 1 aliphatic carbocycles. The highest BCUT2D eigenvalue weighted by molar-refractivity contribution is 6.36. The van der Waals surface area contributed by atoms with E-state index < -0.39 is 6.10 Å². The number of nitrogens with zero attached hydrogens (tertiary/aromatic N) is 2. The third-order valence-electron chi connectivity index (χ3n) is 5.67. The summed E-state index contributed by atoms with van der Waals surface area (Å²) in [5.41, 5.74) is 5.72. The molecule has 0 aliphatic heterocycles. The fraction of sp³-hybridized carbons (Fsp3) is 0.333. The fourth-order valence-corrected chi connectivity index (χ4v) is 4.57. The zero-order valence-corrected chi connectivity index (χ0v) is 18.6. The third-order valence-corrected chi connectivity index (χ3v) is 6.22. The standard InChI is InChI=1S/C24H25Cl2N3O/c1-3-19-22(17-11-10-15(25)13-18(17)26)27-20(4-2)24(28-19)29-23-16-8-6-5-7-14(16)9-12-21(23)30/h5-8,10-11,13,21,23,30H,3-4,9,12H2,1-2H3,(H,28,29)/t21-,23+/m0/s1. The molecule has 1 aliphatic rings. The molecular weight excluding hydrogens is 417 g/mol. The molecule has 0 saturated carbocycles. The predicted octanol–water partition coefficient (Wildman–Crippen LogP) is 6.04. The van der Waals surface area contributed by atoms with Gasteiger partial charge in [-0.1, -0.05) is 61.3 Å². The summed E-state index contributed by atoms with van der Waals surface area (Å²) in [6.45, 7) is 4.11. The number of nitrogens with one attached hydrogen (secondary N) is 1. The molecule has 156 valence electrons. The van der Waals surface area contributed by atoms with E-state index >= 15 is 0 Å². The van der Waals surface area contributed by atoms with Gasteiger partial charge in [0.1, 0.15) is 5.82 Å². The number of aliphatic hydroxyl groups is 1. The minimum absolute atomic E-state index is 0.204. The van der Waals surface area contributed by atoms with E-state index in [4.69, 9.17) is 33.2 Å². The summed E-state index contributed by atoms with van der Waals surface area (Å²) in [6.07, 6.45) is 2.56. The number of halogens is 2. The number of hydrogen-bond acceptors (Lipinski definition) is 4. The quantitative estimate of drug-likeness (QED) is 0.506. The first kappa shape index (κ1) is 21.1. The van der Waals surface area contributed by atoms with E-state index in [1.807, 2.05) is 24.3 Å². The van der Waals surface area contributed by atoms with E-state index in [0.717, 1.165) is 46.9 Å². The molecule has 6 heteroatoms. The summed E-state index contributed by atoms with van der Waals surface area (Å²) in [5, 5.41) is 15.4. The van der Waals surface area contributed by atoms with Crippen LogP contribution < -0.4 is 5.32 Å². The van der Waals surface area contributed by atoms with Crippen molar-refractivity contribution in [1.82, 2.24) is 9.97 Å². The number of aromatic nitrogens is 2. The Morgan fingerprint density at radius 3 is 2.53 bits per heavy atom. The van der Waals surface area contributed by atoms with Crippen LogP contribution in [-0.2, 0) is 19.3 Å². The van der Waals surface area contributed by atoms with Gasteiger partial charge in [-0.3, -0.25) is 0 Å². The fourth-order valence-electron chi connectivity index (χ4n) is 4.07. The Morgan fingerprint density at radius 1 is 1.03 bits per heavy atom. The Balaban J connectivity index is 1.76. The lowest BCUT2D eigenvalue weighted by atomic mass is 9.85. The number of benzene rings is 2. The van der Waals surface area contributed by atoms with Gasteiger partial charge in [0, 0.05) is 10.6 Å². The van der Waals surface area contributed by atoms with E-state index in [2.05, 4.69) is 31.3 Å². The van der Waals surface area contributed by atoms with Gasteiger partial charge in [0.2, 0.25) is 0 Å². The molecule has 0 fully saturated rings. The maximum atomic E-state index is 10.7. The van der Waals surface area contributed by atoms with Crippen LogP contribution in [0, 0.1) is 0 Å². The summed E-state index contributed by atoms with van der Waals surface area (Å²) >= 11 is 12.5. The number of anilines is 1. The number of rotatable bonds is 5. The molecule has 0 amide bonds. The SMILES string of the molecule is CCc1nc(-c2ccc(Cl)cc2Cl)c(CC)nc1N[C@@H]1c2ccccc2CC[C@@H]1O. The van der Waals surface area contributed by atoms with E-state index in [1.165, 1.54) is 5.56 Å². The third kappa shape index (κ3) is 4.04. The molecule has 0 spiro atoms. The Bertz CT molecular complexity index is 1070. The molecule has 0 unspecified atom stereocenters.